The molecule has 0 saturated heterocycles. The van der Waals surface area contributed by atoms with Gasteiger partial charge in [-0.2, -0.15) is 0 Å². The summed E-state index contributed by atoms with van der Waals surface area (Å²) < 4.78 is 0. The highest BCUT2D eigenvalue weighted by Gasteiger charge is 2.23. The smallest absolute Gasteiger partial charge is 0.0720 e. The van der Waals surface area contributed by atoms with Gasteiger partial charge in [-0.05, 0) is 31.4 Å². The molecule has 15 heavy (non-hydrogen) atoms. The number of hydrogen-bond acceptors (Lipinski definition) is 1. The van der Waals surface area contributed by atoms with Crippen molar-refractivity contribution < 1.29 is 0 Å². The third kappa shape index (κ3) is 3.02. The molecule has 1 atom stereocenters. The zero-order valence-electron chi connectivity index (χ0n) is 8.76. The van der Waals surface area contributed by atoms with Crippen molar-refractivity contribution in [1.29, 1.82) is 0 Å². The van der Waals surface area contributed by atoms with E-state index in [0.29, 0.717) is 16.1 Å². The van der Waals surface area contributed by atoms with Gasteiger partial charge in [-0.3, -0.25) is 0 Å². The Hall–Kier alpha value is -0.400. The van der Waals surface area contributed by atoms with Crippen LogP contribution >= 0.6 is 23.2 Å². The minimum atomic E-state index is 0.440. The van der Waals surface area contributed by atoms with Gasteiger partial charge in [0, 0.05) is 6.04 Å². The number of para-hydroxylation sites is 1. The molecule has 0 heterocycles. The van der Waals surface area contributed by atoms with Crippen molar-refractivity contribution in [3.63, 3.8) is 0 Å². The average Bonchev–Trinajstić information content (AvgIpc) is 2.95. The molecule has 1 unspecified atom stereocenters. The molecule has 3 heteroatoms. The number of halogens is 2. The maximum Gasteiger partial charge on any atom is 0.0720 e. The topological polar surface area (TPSA) is 12.0 Å². The molecule has 1 aromatic rings. The van der Waals surface area contributed by atoms with Crippen LogP contribution in [0.5, 0.6) is 0 Å². The van der Waals surface area contributed by atoms with Gasteiger partial charge in [-0.25, -0.2) is 0 Å². The summed E-state index contributed by atoms with van der Waals surface area (Å²) in [7, 11) is 0. The lowest BCUT2D eigenvalue weighted by Gasteiger charge is -2.17. The number of rotatable bonds is 4. The summed E-state index contributed by atoms with van der Waals surface area (Å²) in [6, 6.07) is 6.02. The second kappa shape index (κ2) is 4.63. The largest absolute Gasteiger partial charge is 0.380 e. The molecule has 1 nitrogen and oxygen atoms in total. The normalized spacial score (nSPS) is 17.5. The Bertz CT molecular complexity index is 327. The summed E-state index contributed by atoms with van der Waals surface area (Å²) in [5, 5.41) is 4.78. The van der Waals surface area contributed by atoms with Crippen molar-refractivity contribution in [3.05, 3.63) is 28.2 Å². The summed E-state index contributed by atoms with van der Waals surface area (Å²) in [5.41, 5.74) is 0.869. The van der Waals surface area contributed by atoms with Gasteiger partial charge in [0.1, 0.15) is 0 Å². The quantitative estimate of drug-likeness (QED) is 0.816. The van der Waals surface area contributed by atoms with Crippen molar-refractivity contribution in [2.24, 2.45) is 5.92 Å². The molecule has 0 radical (unpaired) electrons. The zero-order valence-corrected chi connectivity index (χ0v) is 10.3. The number of nitrogens with one attached hydrogen (secondary N) is 1. The Labute approximate surface area is 101 Å². The summed E-state index contributed by atoms with van der Waals surface area (Å²) in [4.78, 5) is 0. The van der Waals surface area contributed by atoms with Crippen LogP contribution in [0.1, 0.15) is 26.2 Å². The van der Waals surface area contributed by atoms with Crippen molar-refractivity contribution >= 4 is 28.9 Å². The molecular weight excluding hydrogens is 229 g/mol. The number of hydrogen-bond donors (Lipinski definition) is 1. The molecule has 0 spiro atoms. The Morgan fingerprint density at radius 2 is 1.93 bits per heavy atom. The standard InChI is InChI=1S/C12H15Cl2N/c1-8(7-9-5-6-9)15-12-10(13)3-2-4-11(12)14/h2-4,8-9,15H,5-7H2,1H3. The lowest BCUT2D eigenvalue weighted by atomic mass is 10.1. The molecular formula is C12H15Cl2N. The van der Waals surface area contributed by atoms with Gasteiger partial charge in [0.15, 0.2) is 0 Å². The molecule has 1 aliphatic carbocycles. The molecule has 0 amide bonds. The van der Waals surface area contributed by atoms with Gasteiger partial charge < -0.3 is 5.32 Å². The molecule has 1 aromatic carbocycles. The molecule has 0 aromatic heterocycles. The third-order valence-electron chi connectivity index (χ3n) is 2.74. The second-order valence-electron chi connectivity index (χ2n) is 4.32. The predicted octanol–water partition coefficient (Wildman–Crippen LogP) is 4.59. The SMILES string of the molecule is CC(CC1CC1)Nc1c(Cl)cccc1Cl. The zero-order chi connectivity index (χ0) is 10.8. The van der Waals surface area contributed by atoms with Crippen molar-refractivity contribution in [2.75, 3.05) is 5.32 Å². The highest BCUT2D eigenvalue weighted by atomic mass is 35.5. The van der Waals surface area contributed by atoms with E-state index < -0.39 is 0 Å². The summed E-state index contributed by atoms with van der Waals surface area (Å²) >= 11 is 12.2. The van der Waals surface area contributed by atoms with Gasteiger partial charge >= 0.3 is 0 Å². The van der Waals surface area contributed by atoms with Gasteiger partial charge in [0.25, 0.3) is 0 Å². The third-order valence-corrected chi connectivity index (χ3v) is 3.37. The van der Waals surface area contributed by atoms with Gasteiger partial charge in [0.2, 0.25) is 0 Å². The first-order valence-electron chi connectivity index (χ1n) is 5.37. The van der Waals surface area contributed by atoms with Gasteiger partial charge in [-0.1, -0.05) is 42.1 Å². The summed E-state index contributed by atoms with van der Waals surface area (Å²) in [5.74, 6) is 0.911. The van der Waals surface area contributed by atoms with Gasteiger partial charge in [0.05, 0.1) is 15.7 Å². The highest BCUT2D eigenvalue weighted by molar-refractivity contribution is 6.39. The minimum absolute atomic E-state index is 0.440. The van der Waals surface area contributed by atoms with Crippen LogP contribution in [0.3, 0.4) is 0 Å². The van der Waals surface area contributed by atoms with Crippen LogP contribution in [0.2, 0.25) is 10.0 Å². The molecule has 2 rings (SSSR count). The first kappa shape index (κ1) is 11.1. The van der Waals surface area contributed by atoms with Crippen LogP contribution < -0.4 is 5.32 Å². The van der Waals surface area contributed by atoms with Gasteiger partial charge in [-0.15, -0.1) is 0 Å². The molecule has 0 aliphatic heterocycles. The maximum atomic E-state index is 6.08. The number of anilines is 1. The van der Waals surface area contributed by atoms with Crippen molar-refractivity contribution in [1.82, 2.24) is 0 Å². The minimum Gasteiger partial charge on any atom is -0.380 e. The van der Waals surface area contributed by atoms with E-state index in [9.17, 15) is 0 Å². The molecule has 1 fully saturated rings. The van der Waals surface area contributed by atoms with E-state index in [2.05, 4.69) is 12.2 Å². The Kier molecular flexibility index (Phi) is 3.42. The predicted molar refractivity (Wildman–Crippen MR) is 66.9 cm³/mol. The lowest BCUT2D eigenvalue weighted by molar-refractivity contribution is 0.642. The van der Waals surface area contributed by atoms with Crippen LogP contribution in [0, 0.1) is 5.92 Å². The van der Waals surface area contributed by atoms with E-state index >= 15 is 0 Å². The summed E-state index contributed by atoms with van der Waals surface area (Å²) in [6.07, 6.45) is 3.96. The molecule has 82 valence electrons. The van der Waals surface area contributed by atoms with E-state index in [4.69, 9.17) is 23.2 Å². The molecule has 1 saturated carbocycles. The fourth-order valence-electron chi connectivity index (χ4n) is 1.79. The first-order chi connectivity index (χ1) is 7.16. The van der Waals surface area contributed by atoms with E-state index in [1.54, 1.807) is 0 Å². The van der Waals surface area contributed by atoms with Crippen LogP contribution in [-0.2, 0) is 0 Å². The van der Waals surface area contributed by atoms with Crippen LogP contribution in [-0.4, -0.2) is 6.04 Å². The second-order valence-corrected chi connectivity index (χ2v) is 5.14. The van der Waals surface area contributed by atoms with E-state index in [-0.39, 0.29) is 0 Å². The number of benzene rings is 1. The lowest BCUT2D eigenvalue weighted by Crippen LogP contribution is -2.16. The fourth-order valence-corrected chi connectivity index (χ4v) is 2.30. The fraction of sp³-hybridized carbons (Fsp3) is 0.500. The van der Waals surface area contributed by atoms with Crippen LogP contribution in [0.25, 0.3) is 0 Å². The van der Waals surface area contributed by atoms with E-state index in [0.717, 1.165) is 11.6 Å². The molecule has 1 N–H and O–H groups in total. The average molecular weight is 244 g/mol. The Morgan fingerprint density at radius 1 is 1.33 bits per heavy atom. The van der Waals surface area contributed by atoms with Crippen molar-refractivity contribution in [2.45, 2.75) is 32.2 Å². The Balaban J connectivity index is 2.01. The maximum absolute atomic E-state index is 6.08. The van der Waals surface area contributed by atoms with E-state index in [1.807, 2.05) is 18.2 Å². The van der Waals surface area contributed by atoms with Crippen LogP contribution in [0.15, 0.2) is 18.2 Å². The Morgan fingerprint density at radius 3 is 2.47 bits per heavy atom. The molecule has 0 bridgehead atoms. The monoisotopic (exact) mass is 243 g/mol. The van der Waals surface area contributed by atoms with Crippen molar-refractivity contribution in [3.8, 4) is 0 Å². The summed E-state index contributed by atoms with van der Waals surface area (Å²) in [6.45, 7) is 2.18. The highest BCUT2D eigenvalue weighted by Crippen LogP contribution is 2.36. The van der Waals surface area contributed by atoms with E-state index in [1.165, 1.54) is 19.3 Å². The van der Waals surface area contributed by atoms with Crippen LogP contribution in [0.4, 0.5) is 5.69 Å². The molecule has 1 aliphatic rings. The first-order valence-corrected chi connectivity index (χ1v) is 6.13.